The summed E-state index contributed by atoms with van der Waals surface area (Å²) in [4.78, 5) is 35.5. The van der Waals surface area contributed by atoms with Crippen molar-refractivity contribution in [3.8, 4) is 5.75 Å². The highest BCUT2D eigenvalue weighted by molar-refractivity contribution is 6.05. The average molecular weight is 404 g/mol. The van der Waals surface area contributed by atoms with E-state index in [0.717, 1.165) is 0 Å². The Labute approximate surface area is 173 Å². The van der Waals surface area contributed by atoms with E-state index in [9.17, 15) is 14.4 Å². The van der Waals surface area contributed by atoms with Crippen molar-refractivity contribution in [2.24, 2.45) is 0 Å². The Hall–Kier alpha value is -4.13. The predicted molar refractivity (Wildman–Crippen MR) is 113 cm³/mol. The molecular weight excluding hydrogens is 384 g/mol. The Balaban J connectivity index is 1.55. The molecule has 0 unspecified atom stereocenters. The number of para-hydroxylation sites is 2. The third kappa shape index (κ3) is 5.68. The molecule has 0 aliphatic heterocycles. The quantitative estimate of drug-likeness (QED) is 0.502. The highest BCUT2D eigenvalue weighted by Crippen LogP contribution is 2.24. The number of carbonyl (C=O) groups is 3. The first-order valence-corrected chi connectivity index (χ1v) is 9.20. The molecule has 7 heteroatoms. The number of aromatic carboxylic acids is 1. The minimum absolute atomic E-state index is 0.0262. The van der Waals surface area contributed by atoms with E-state index in [-0.39, 0.29) is 30.4 Å². The molecule has 0 radical (unpaired) electrons. The van der Waals surface area contributed by atoms with Crippen LogP contribution in [0, 0.1) is 0 Å². The maximum Gasteiger partial charge on any atom is 0.335 e. The van der Waals surface area contributed by atoms with Crippen LogP contribution in [0.25, 0.3) is 0 Å². The number of nitrogens with one attached hydrogen (secondary N) is 2. The van der Waals surface area contributed by atoms with E-state index < -0.39 is 5.97 Å². The van der Waals surface area contributed by atoms with Gasteiger partial charge >= 0.3 is 5.97 Å². The lowest BCUT2D eigenvalue weighted by molar-refractivity contribution is -0.119. The number of benzene rings is 3. The van der Waals surface area contributed by atoms with Gasteiger partial charge in [0.25, 0.3) is 5.91 Å². The van der Waals surface area contributed by atoms with Crippen LogP contribution in [0.1, 0.15) is 20.7 Å². The molecule has 0 saturated carbocycles. The summed E-state index contributed by atoms with van der Waals surface area (Å²) in [6, 6.07) is 21.8. The molecule has 0 fully saturated rings. The number of hydrogen-bond donors (Lipinski definition) is 3. The molecule has 3 N–H and O–H groups in total. The molecule has 1 amide bonds. The number of Topliss-reactive ketones (excluding diaryl/α,β-unsaturated/α-hetero) is 1. The number of ketones is 1. The maximum absolute atomic E-state index is 12.4. The van der Waals surface area contributed by atoms with Crippen LogP contribution in [0.3, 0.4) is 0 Å². The van der Waals surface area contributed by atoms with Crippen molar-refractivity contribution >= 4 is 29.0 Å². The van der Waals surface area contributed by atoms with E-state index in [1.165, 1.54) is 12.1 Å². The van der Waals surface area contributed by atoms with Gasteiger partial charge in [-0.05, 0) is 42.5 Å². The first kappa shape index (κ1) is 20.6. The van der Waals surface area contributed by atoms with Crippen LogP contribution in [-0.2, 0) is 4.79 Å². The summed E-state index contributed by atoms with van der Waals surface area (Å²) in [5.41, 5.74) is 1.63. The predicted octanol–water partition coefficient (Wildman–Crippen LogP) is 3.70. The Morgan fingerprint density at radius 3 is 2.30 bits per heavy atom. The Morgan fingerprint density at radius 1 is 0.833 bits per heavy atom. The van der Waals surface area contributed by atoms with Crippen molar-refractivity contribution in [2.75, 3.05) is 23.8 Å². The van der Waals surface area contributed by atoms with Crippen molar-refractivity contribution in [2.45, 2.75) is 0 Å². The molecule has 3 aromatic rings. The fourth-order valence-electron chi connectivity index (χ4n) is 2.65. The monoisotopic (exact) mass is 404 g/mol. The van der Waals surface area contributed by atoms with Gasteiger partial charge in [-0.2, -0.15) is 0 Å². The fraction of sp³-hybridized carbons (Fsp3) is 0.0870. The van der Waals surface area contributed by atoms with Gasteiger partial charge in [0.05, 0.1) is 17.8 Å². The van der Waals surface area contributed by atoms with Gasteiger partial charge in [0.15, 0.2) is 5.78 Å². The first-order valence-electron chi connectivity index (χ1n) is 9.20. The maximum atomic E-state index is 12.4. The normalized spacial score (nSPS) is 10.1. The van der Waals surface area contributed by atoms with Crippen LogP contribution < -0.4 is 15.4 Å². The van der Waals surface area contributed by atoms with Gasteiger partial charge in [0.2, 0.25) is 0 Å². The Bertz CT molecular complexity index is 1050. The van der Waals surface area contributed by atoms with Gasteiger partial charge in [-0.3, -0.25) is 9.59 Å². The Morgan fingerprint density at radius 2 is 1.53 bits per heavy atom. The van der Waals surface area contributed by atoms with Crippen LogP contribution in [0.2, 0.25) is 0 Å². The second-order valence-electron chi connectivity index (χ2n) is 6.38. The van der Waals surface area contributed by atoms with Gasteiger partial charge in [0, 0.05) is 11.3 Å². The second kappa shape index (κ2) is 9.88. The zero-order chi connectivity index (χ0) is 21.3. The molecule has 0 saturated heterocycles. The Kier molecular flexibility index (Phi) is 6.78. The molecule has 30 heavy (non-hydrogen) atoms. The number of ether oxygens (including phenoxy) is 1. The average Bonchev–Trinajstić information content (AvgIpc) is 2.78. The summed E-state index contributed by atoms with van der Waals surface area (Å²) in [5, 5.41) is 14.7. The van der Waals surface area contributed by atoms with Gasteiger partial charge in [-0.15, -0.1) is 0 Å². The minimum Gasteiger partial charge on any atom is -0.484 e. The summed E-state index contributed by atoms with van der Waals surface area (Å²) < 4.78 is 5.59. The van der Waals surface area contributed by atoms with Gasteiger partial charge < -0.3 is 20.5 Å². The summed E-state index contributed by atoms with van der Waals surface area (Å²) >= 11 is 0. The van der Waals surface area contributed by atoms with Crippen molar-refractivity contribution in [1.82, 2.24) is 0 Å². The van der Waals surface area contributed by atoms with Crippen molar-refractivity contribution < 1.29 is 24.2 Å². The van der Waals surface area contributed by atoms with Gasteiger partial charge in [0.1, 0.15) is 12.4 Å². The van der Waals surface area contributed by atoms with Crippen LogP contribution in [0.15, 0.2) is 78.9 Å². The summed E-state index contributed by atoms with van der Waals surface area (Å²) in [6.45, 7) is -0.231. The van der Waals surface area contributed by atoms with E-state index in [1.54, 1.807) is 60.7 Å². The SMILES string of the molecule is O=C(CNc1cccc(C(=O)O)c1)COc1ccccc1NC(=O)c1ccccc1. The lowest BCUT2D eigenvalue weighted by Gasteiger charge is -2.12. The molecule has 0 aliphatic carbocycles. The van der Waals surface area contributed by atoms with Crippen LogP contribution in [0.4, 0.5) is 11.4 Å². The van der Waals surface area contributed by atoms with Crippen LogP contribution in [0.5, 0.6) is 5.75 Å². The third-order valence-electron chi connectivity index (χ3n) is 4.16. The molecule has 0 aromatic heterocycles. The first-order chi connectivity index (χ1) is 14.5. The van der Waals surface area contributed by atoms with Crippen molar-refractivity contribution in [3.63, 3.8) is 0 Å². The number of rotatable bonds is 9. The highest BCUT2D eigenvalue weighted by Gasteiger charge is 2.11. The van der Waals surface area contributed by atoms with E-state index in [2.05, 4.69) is 10.6 Å². The van der Waals surface area contributed by atoms with Gasteiger partial charge in [-0.1, -0.05) is 36.4 Å². The zero-order valence-electron chi connectivity index (χ0n) is 16.0. The molecular formula is C23H20N2O5. The standard InChI is InChI=1S/C23H20N2O5/c26-19(14-24-18-10-6-9-17(13-18)23(28)29)15-30-21-12-5-4-11-20(21)25-22(27)16-7-2-1-3-8-16/h1-13,24H,14-15H2,(H,25,27)(H,28,29). The van der Waals surface area contributed by atoms with Gasteiger partial charge in [-0.25, -0.2) is 4.79 Å². The molecule has 0 bridgehead atoms. The summed E-state index contributed by atoms with van der Waals surface area (Å²) in [6.07, 6.45) is 0. The molecule has 3 rings (SSSR count). The summed E-state index contributed by atoms with van der Waals surface area (Å²) in [5.74, 6) is -1.18. The number of hydrogen-bond acceptors (Lipinski definition) is 5. The van der Waals surface area contributed by atoms with Crippen molar-refractivity contribution in [3.05, 3.63) is 90.0 Å². The number of anilines is 2. The minimum atomic E-state index is -1.04. The fourth-order valence-corrected chi connectivity index (χ4v) is 2.65. The largest absolute Gasteiger partial charge is 0.484 e. The van der Waals surface area contributed by atoms with Crippen molar-refractivity contribution in [1.29, 1.82) is 0 Å². The molecule has 7 nitrogen and oxygen atoms in total. The molecule has 152 valence electrons. The van der Waals surface area contributed by atoms with E-state index in [0.29, 0.717) is 22.7 Å². The summed E-state index contributed by atoms with van der Waals surface area (Å²) in [7, 11) is 0. The lowest BCUT2D eigenvalue weighted by atomic mass is 10.2. The number of carboxylic acids is 1. The molecule has 3 aromatic carbocycles. The van der Waals surface area contributed by atoms with Crippen LogP contribution >= 0.6 is 0 Å². The number of carboxylic acid groups (broad SMARTS) is 1. The smallest absolute Gasteiger partial charge is 0.335 e. The van der Waals surface area contributed by atoms with E-state index >= 15 is 0 Å². The molecule has 0 heterocycles. The third-order valence-corrected chi connectivity index (χ3v) is 4.16. The lowest BCUT2D eigenvalue weighted by Crippen LogP contribution is -2.21. The number of carbonyl (C=O) groups excluding carboxylic acids is 2. The zero-order valence-corrected chi connectivity index (χ0v) is 16.0. The number of amides is 1. The molecule has 0 spiro atoms. The van der Waals surface area contributed by atoms with E-state index in [4.69, 9.17) is 9.84 Å². The molecule has 0 aliphatic rings. The van der Waals surface area contributed by atoms with E-state index in [1.807, 2.05) is 6.07 Å². The van der Waals surface area contributed by atoms with Crippen LogP contribution in [-0.4, -0.2) is 35.9 Å². The topological polar surface area (TPSA) is 105 Å². The molecule has 0 atom stereocenters. The second-order valence-corrected chi connectivity index (χ2v) is 6.38. The highest BCUT2D eigenvalue weighted by atomic mass is 16.5.